The summed E-state index contributed by atoms with van der Waals surface area (Å²) in [5.41, 5.74) is 7.24. The molecule has 1 atom stereocenters. The first-order valence-electron chi connectivity index (χ1n) is 5.16. The monoisotopic (exact) mass is 212 g/mol. The number of rotatable bonds is 4. The summed E-state index contributed by atoms with van der Waals surface area (Å²) < 4.78 is 0. The van der Waals surface area contributed by atoms with Gasteiger partial charge in [0.25, 0.3) is 0 Å². The lowest BCUT2D eigenvalue weighted by Gasteiger charge is -2.22. The zero-order chi connectivity index (χ0) is 10.8. The highest BCUT2D eigenvalue weighted by atomic mass is 32.1. The van der Waals surface area contributed by atoms with Crippen LogP contribution in [-0.2, 0) is 6.42 Å². The van der Waals surface area contributed by atoms with Crippen LogP contribution in [0.1, 0.15) is 42.3 Å². The average molecular weight is 212 g/mol. The summed E-state index contributed by atoms with van der Waals surface area (Å²) in [5, 5.41) is 1.18. The normalized spacial score (nSPS) is 15.5. The molecule has 0 spiro atoms. The molecular formula is C11H20N2S. The van der Waals surface area contributed by atoms with Gasteiger partial charge in [-0.25, -0.2) is 4.98 Å². The Balaban J connectivity index is 2.68. The van der Waals surface area contributed by atoms with Crippen molar-refractivity contribution < 1.29 is 0 Å². The maximum absolute atomic E-state index is 6.19. The Bertz CT molecular complexity index is 283. The van der Waals surface area contributed by atoms with Crippen molar-refractivity contribution in [3.05, 3.63) is 15.6 Å². The molecule has 1 heterocycles. The van der Waals surface area contributed by atoms with E-state index in [1.807, 2.05) is 0 Å². The summed E-state index contributed by atoms with van der Waals surface area (Å²) in [6.07, 6.45) is 3.10. The number of hydrogen-bond donors (Lipinski definition) is 1. The van der Waals surface area contributed by atoms with Crippen molar-refractivity contribution in [1.29, 1.82) is 0 Å². The van der Waals surface area contributed by atoms with Crippen LogP contribution < -0.4 is 5.73 Å². The lowest BCUT2D eigenvalue weighted by molar-refractivity contribution is 0.424. The highest BCUT2D eigenvalue weighted by Gasteiger charge is 2.19. The molecule has 14 heavy (non-hydrogen) atoms. The van der Waals surface area contributed by atoms with Gasteiger partial charge in [0.05, 0.1) is 10.7 Å². The van der Waals surface area contributed by atoms with Crippen LogP contribution in [0.2, 0.25) is 0 Å². The number of aromatic nitrogens is 1. The molecule has 0 amide bonds. The van der Waals surface area contributed by atoms with E-state index in [0.717, 1.165) is 25.0 Å². The van der Waals surface area contributed by atoms with Crippen LogP contribution in [0.4, 0.5) is 0 Å². The quantitative estimate of drug-likeness (QED) is 0.833. The Hall–Kier alpha value is -0.410. The molecule has 0 aliphatic heterocycles. The van der Waals surface area contributed by atoms with Gasteiger partial charge in [-0.1, -0.05) is 13.3 Å². The molecule has 2 nitrogen and oxygen atoms in total. The fourth-order valence-electron chi connectivity index (χ4n) is 1.62. The van der Waals surface area contributed by atoms with Crippen molar-refractivity contribution in [2.75, 3.05) is 0 Å². The average Bonchev–Trinajstić information content (AvgIpc) is 2.29. The van der Waals surface area contributed by atoms with Crippen molar-refractivity contribution in [3.63, 3.8) is 0 Å². The van der Waals surface area contributed by atoms with E-state index in [1.165, 1.54) is 9.88 Å². The molecule has 1 rings (SSSR count). The van der Waals surface area contributed by atoms with E-state index in [0.29, 0.717) is 0 Å². The standard InChI is InChI=1S/C11H20N2S/c1-5-6-11(4,12)7-10-13-8(2)9(3)14-10/h5-7,12H2,1-4H3. The van der Waals surface area contributed by atoms with Crippen molar-refractivity contribution in [2.45, 2.75) is 52.5 Å². The van der Waals surface area contributed by atoms with Gasteiger partial charge in [-0.05, 0) is 27.2 Å². The Morgan fingerprint density at radius 2 is 2.07 bits per heavy atom. The third-order valence-electron chi connectivity index (χ3n) is 2.45. The molecular weight excluding hydrogens is 192 g/mol. The smallest absolute Gasteiger partial charge is 0.0949 e. The molecule has 0 saturated heterocycles. The number of thiazole rings is 1. The molecule has 0 saturated carbocycles. The van der Waals surface area contributed by atoms with Crippen LogP contribution in [0.25, 0.3) is 0 Å². The van der Waals surface area contributed by atoms with E-state index < -0.39 is 0 Å². The second-order valence-electron chi connectivity index (χ2n) is 4.33. The minimum absolute atomic E-state index is 0.0918. The first-order valence-corrected chi connectivity index (χ1v) is 5.98. The van der Waals surface area contributed by atoms with Crippen molar-refractivity contribution in [2.24, 2.45) is 5.73 Å². The molecule has 80 valence electrons. The SMILES string of the molecule is CCCC(C)(N)Cc1nc(C)c(C)s1. The zero-order valence-corrected chi connectivity index (χ0v) is 10.4. The molecule has 0 aliphatic carbocycles. The van der Waals surface area contributed by atoms with E-state index in [4.69, 9.17) is 5.73 Å². The molecule has 1 unspecified atom stereocenters. The predicted molar refractivity (Wildman–Crippen MR) is 62.8 cm³/mol. The van der Waals surface area contributed by atoms with Crippen LogP contribution in [0.5, 0.6) is 0 Å². The number of nitrogens with zero attached hydrogens (tertiary/aromatic N) is 1. The fraction of sp³-hybridized carbons (Fsp3) is 0.727. The van der Waals surface area contributed by atoms with E-state index in [-0.39, 0.29) is 5.54 Å². The third-order valence-corrected chi connectivity index (χ3v) is 3.52. The number of nitrogens with two attached hydrogens (primary N) is 1. The summed E-state index contributed by atoms with van der Waals surface area (Å²) >= 11 is 1.78. The number of hydrogen-bond acceptors (Lipinski definition) is 3. The van der Waals surface area contributed by atoms with Gasteiger partial charge in [-0.15, -0.1) is 11.3 Å². The van der Waals surface area contributed by atoms with E-state index in [2.05, 4.69) is 32.7 Å². The summed E-state index contributed by atoms with van der Waals surface area (Å²) in [7, 11) is 0. The van der Waals surface area contributed by atoms with Gasteiger partial charge in [0, 0.05) is 16.8 Å². The van der Waals surface area contributed by atoms with Crippen LogP contribution in [0.15, 0.2) is 0 Å². The molecule has 1 aromatic rings. The lowest BCUT2D eigenvalue weighted by atomic mass is 9.94. The highest BCUT2D eigenvalue weighted by molar-refractivity contribution is 7.11. The molecule has 0 aromatic carbocycles. The third kappa shape index (κ3) is 3.07. The van der Waals surface area contributed by atoms with Gasteiger partial charge in [-0.2, -0.15) is 0 Å². The van der Waals surface area contributed by atoms with Gasteiger partial charge in [0.1, 0.15) is 0 Å². The zero-order valence-electron chi connectivity index (χ0n) is 9.55. The maximum atomic E-state index is 6.19. The van der Waals surface area contributed by atoms with Gasteiger partial charge >= 0.3 is 0 Å². The highest BCUT2D eigenvalue weighted by Crippen LogP contribution is 2.22. The summed E-state index contributed by atoms with van der Waals surface area (Å²) in [5.74, 6) is 0. The van der Waals surface area contributed by atoms with Gasteiger partial charge in [-0.3, -0.25) is 0 Å². The Morgan fingerprint density at radius 3 is 2.50 bits per heavy atom. The van der Waals surface area contributed by atoms with Crippen molar-refractivity contribution in [1.82, 2.24) is 4.98 Å². The Kier molecular flexibility index (Phi) is 3.67. The molecule has 0 radical (unpaired) electrons. The van der Waals surface area contributed by atoms with Crippen LogP contribution >= 0.6 is 11.3 Å². The predicted octanol–water partition coefficient (Wildman–Crippen LogP) is 2.82. The van der Waals surface area contributed by atoms with Crippen LogP contribution in [0, 0.1) is 13.8 Å². The second-order valence-corrected chi connectivity index (χ2v) is 5.62. The van der Waals surface area contributed by atoms with Gasteiger partial charge in [0.2, 0.25) is 0 Å². The number of aryl methyl sites for hydroxylation is 2. The van der Waals surface area contributed by atoms with E-state index in [1.54, 1.807) is 11.3 Å². The fourth-order valence-corrected chi connectivity index (χ4v) is 2.75. The van der Waals surface area contributed by atoms with Crippen LogP contribution in [-0.4, -0.2) is 10.5 Å². The summed E-state index contributed by atoms with van der Waals surface area (Å²) in [6.45, 7) is 8.46. The topological polar surface area (TPSA) is 38.9 Å². The lowest BCUT2D eigenvalue weighted by Crippen LogP contribution is -2.38. The summed E-state index contributed by atoms with van der Waals surface area (Å²) in [4.78, 5) is 5.83. The van der Waals surface area contributed by atoms with Gasteiger partial charge in [0.15, 0.2) is 0 Å². The molecule has 0 aliphatic rings. The first kappa shape index (κ1) is 11.7. The molecule has 0 bridgehead atoms. The molecule has 1 aromatic heterocycles. The minimum Gasteiger partial charge on any atom is -0.325 e. The van der Waals surface area contributed by atoms with E-state index in [9.17, 15) is 0 Å². The molecule has 0 fully saturated rings. The Morgan fingerprint density at radius 1 is 1.43 bits per heavy atom. The summed E-state index contributed by atoms with van der Waals surface area (Å²) in [6, 6.07) is 0. The minimum atomic E-state index is -0.0918. The maximum Gasteiger partial charge on any atom is 0.0949 e. The second kappa shape index (κ2) is 4.41. The molecule has 3 heteroatoms. The first-order chi connectivity index (χ1) is 6.44. The van der Waals surface area contributed by atoms with Crippen molar-refractivity contribution >= 4 is 11.3 Å². The molecule has 2 N–H and O–H groups in total. The Labute approximate surface area is 90.6 Å². The van der Waals surface area contributed by atoms with Crippen LogP contribution in [0.3, 0.4) is 0 Å². The van der Waals surface area contributed by atoms with E-state index >= 15 is 0 Å². The van der Waals surface area contributed by atoms with Gasteiger partial charge < -0.3 is 5.73 Å². The largest absolute Gasteiger partial charge is 0.325 e. The van der Waals surface area contributed by atoms with Crippen molar-refractivity contribution in [3.8, 4) is 0 Å².